The number of fused-ring (bicyclic) bond motifs is 1. The van der Waals surface area contributed by atoms with Crippen LogP contribution < -0.4 is 0 Å². The fourth-order valence-corrected chi connectivity index (χ4v) is 5.72. The van der Waals surface area contributed by atoms with Crippen molar-refractivity contribution in [3.05, 3.63) is 39.3 Å². The zero-order valence-electron chi connectivity index (χ0n) is 17.8. The van der Waals surface area contributed by atoms with Gasteiger partial charge in [0.1, 0.15) is 10.9 Å². The van der Waals surface area contributed by atoms with Crippen LogP contribution in [0.15, 0.2) is 33.8 Å². The topological polar surface area (TPSA) is 45.6 Å². The van der Waals surface area contributed by atoms with E-state index in [9.17, 15) is 9.59 Å². The molecular weight excluding hydrogens is 494 g/mol. The minimum atomic E-state index is -0.0380. The molecule has 2 fully saturated rings. The maximum absolute atomic E-state index is 12.9. The fourth-order valence-electron chi connectivity index (χ4n) is 4.10. The van der Waals surface area contributed by atoms with Crippen molar-refractivity contribution in [1.82, 2.24) is 14.4 Å². The van der Waals surface area contributed by atoms with Crippen LogP contribution in [-0.4, -0.2) is 50.1 Å². The second kappa shape index (κ2) is 9.46. The third-order valence-electron chi connectivity index (χ3n) is 5.60. The maximum atomic E-state index is 12.9. The Hall–Kier alpha value is -1.64. The zero-order valence-corrected chi connectivity index (χ0v) is 21.0. The van der Waals surface area contributed by atoms with Gasteiger partial charge in [0, 0.05) is 46.8 Å². The zero-order chi connectivity index (χ0) is 22.1. The van der Waals surface area contributed by atoms with Gasteiger partial charge >= 0.3 is 0 Å². The van der Waals surface area contributed by atoms with Gasteiger partial charge < -0.3 is 9.47 Å². The second-order valence-corrected chi connectivity index (χ2v) is 11.1. The number of carbonyl (C=O) groups excluding carboxylic acids is 2. The molecule has 0 N–H and O–H groups in total. The minimum absolute atomic E-state index is 0.0380. The first kappa shape index (κ1) is 22.6. The first-order valence-corrected chi connectivity index (χ1v) is 12.7. The summed E-state index contributed by atoms with van der Waals surface area (Å²) in [5, 5.41) is 1.01. The molecule has 4 rings (SSSR count). The highest BCUT2D eigenvalue weighted by Crippen LogP contribution is 2.35. The van der Waals surface area contributed by atoms with Gasteiger partial charge in [0.2, 0.25) is 5.91 Å². The summed E-state index contributed by atoms with van der Waals surface area (Å²) < 4.78 is 3.57. The van der Waals surface area contributed by atoms with Crippen LogP contribution in [0.3, 0.4) is 0 Å². The van der Waals surface area contributed by atoms with E-state index >= 15 is 0 Å². The first-order valence-electron chi connectivity index (χ1n) is 10.6. The summed E-state index contributed by atoms with van der Waals surface area (Å²) in [6.45, 7) is 6.77. The Kier molecular flexibility index (Phi) is 6.89. The van der Waals surface area contributed by atoms with E-state index in [-0.39, 0.29) is 11.8 Å². The number of thiocarbonyl (C=S) groups is 1. The summed E-state index contributed by atoms with van der Waals surface area (Å²) in [4.78, 5) is 30.1. The normalized spacial score (nSPS) is 18.8. The van der Waals surface area contributed by atoms with Gasteiger partial charge in [-0.3, -0.25) is 14.5 Å². The molecule has 2 aromatic rings. The molecule has 2 amide bonds. The third kappa shape index (κ3) is 4.91. The van der Waals surface area contributed by atoms with Gasteiger partial charge in [0.05, 0.1) is 4.91 Å². The van der Waals surface area contributed by atoms with Crippen LogP contribution in [0.25, 0.3) is 17.0 Å². The molecule has 8 heteroatoms. The van der Waals surface area contributed by atoms with Gasteiger partial charge in [-0.2, -0.15) is 0 Å². The largest absolute Gasteiger partial charge is 0.341 e. The highest BCUT2D eigenvalue weighted by Gasteiger charge is 2.32. The van der Waals surface area contributed by atoms with Gasteiger partial charge in [-0.15, -0.1) is 0 Å². The molecule has 0 spiro atoms. The number of halogens is 1. The van der Waals surface area contributed by atoms with Crippen molar-refractivity contribution in [2.24, 2.45) is 5.92 Å². The molecule has 2 saturated heterocycles. The van der Waals surface area contributed by atoms with E-state index < -0.39 is 0 Å². The third-order valence-corrected chi connectivity index (χ3v) is 7.47. The molecule has 2 aliphatic rings. The van der Waals surface area contributed by atoms with Gasteiger partial charge in [0.25, 0.3) is 5.91 Å². The average Bonchev–Trinajstić information content (AvgIpc) is 3.20. The Balaban J connectivity index is 1.66. The van der Waals surface area contributed by atoms with Crippen molar-refractivity contribution in [2.45, 2.75) is 39.7 Å². The molecular formula is C23H26BrN3O2S2. The van der Waals surface area contributed by atoms with Crippen molar-refractivity contribution in [3.8, 4) is 0 Å². The SMILES string of the molecule is CC(C)CN1C(=O)/C(=C/c2cn(CC(=O)N3CCCCC3)c3ccc(Br)cc23)SC1=S. The number of thioether (sulfide) groups is 1. The summed E-state index contributed by atoms with van der Waals surface area (Å²) in [6.07, 6.45) is 7.25. The predicted octanol–water partition coefficient (Wildman–Crippen LogP) is 5.27. The van der Waals surface area contributed by atoms with Gasteiger partial charge in [0.15, 0.2) is 0 Å². The molecule has 164 valence electrons. The number of hydrogen-bond donors (Lipinski definition) is 0. The summed E-state index contributed by atoms with van der Waals surface area (Å²) in [6, 6.07) is 6.04. The first-order chi connectivity index (χ1) is 14.8. The van der Waals surface area contributed by atoms with Crippen LogP contribution >= 0.6 is 39.9 Å². The van der Waals surface area contributed by atoms with Crippen LogP contribution in [-0.2, 0) is 16.1 Å². The van der Waals surface area contributed by atoms with E-state index in [4.69, 9.17) is 12.2 Å². The Morgan fingerprint density at radius 2 is 2.00 bits per heavy atom. The number of benzene rings is 1. The quantitative estimate of drug-likeness (QED) is 0.398. The lowest BCUT2D eigenvalue weighted by atomic mass is 10.1. The summed E-state index contributed by atoms with van der Waals surface area (Å²) >= 11 is 10.3. The molecule has 1 aromatic heterocycles. The fraction of sp³-hybridized carbons (Fsp3) is 0.435. The highest BCUT2D eigenvalue weighted by atomic mass is 79.9. The van der Waals surface area contributed by atoms with Crippen LogP contribution in [0.5, 0.6) is 0 Å². The van der Waals surface area contributed by atoms with Crippen molar-refractivity contribution < 1.29 is 9.59 Å². The van der Waals surface area contributed by atoms with Crippen molar-refractivity contribution in [3.63, 3.8) is 0 Å². The van der Waals surface area contributed by atoms with E-state index in [1.54, 1.807) is 4.90 Å². The summed E-state index contributed by atoms with van der Waals surface area (Å²) in [7, 11) is 0. The Labute approximate surface area is 200 Å². The van der Waals surface area contributed by atoms with E-state index in [0.717, 1.165) is 46.9 Å². The van der Waals surface area contributed by atoms with E-state index in [2.05, 4.69) is 29.8 Å². The minimum Gasteiger partial charge on any atom is -0.341 e. The van der Waals surface area contributed by atoms with Crippen molar-refractivity contribution >= 4 is 73.0 Å². The molecule has 0 aliphatic carbocycles. The van der Waals surface area contributed by atoms with Gasteiger partial charge in [-0.1, -0.05) is 53.8 Å². The Morgan fingerprint density at radius 1 is 1.26 bits per heavy atom. The van der Waals surface area contributed by atoms with E-state index in [0.29, 0.717) is 28.2 Å². The van der Waals surface area contributed by atoms with Gasteiger partial charge in [-0.25, -0.2) is 0 Å². The molecule has 0 radical (unpaired) electrons. The van der Waals surface area contributed by atoms with Crippen LogP contribution in [0.4, 0.5) is 0 Å². The molecule has 31 heavy (non-hydrogen) atoms. The lowest BCUT2D eigenvalue weighted by Crippen LogP contribution is -2.37. The number of carbonyl (C=O) groups is 2. The van der Waals surface area contributed by atoms with Crippen LogP contribution in [0.1, 0.15) is 38.7 Å². The molecule has 3 heterocycles. The Bertz CT molecular complexity index is 1070. The Morgan fingerprint density at radius 3 is 2.71 bits per heavy atom. The van der Waals surface area contributed by atoms with Crippen LogP contribution in [0, 0.1) is 5.92 Å². The molecule has 0 bridgehead atoms. The second-order valence-electron chi connectivity index (χ2n) is 8.50. The number of piperidine rings is 1. The van der Waals surface area contributed by atoms with Crippen LogP contribution in [0.2, 0.25) is 0 Å². The maximum Gasteiger partial charge on any atom is 0.266 e. The number of amides is 2. The lowest BCUT2D eigenvalue weighted by Gasteiger charge is -2.27. The molecule has 1 aromatic carbocycles. The number of aromatic nitrogens is 1. The molecule has 0 atom stereocenters. The van der Waals surface area contributed by atoms with E-state index in [1.807, 2.05) is 39.9 Å². The van der Waals surface area contributed by atoms with Crippen molar-refractivity contribution in [1.29, 1.82) is 0 Å². The molecule has 5 nitrogen and oxygen atoms in total. The summed E-state index contributed by atoms with van der Waals surface area (Å²) in [5.74, 6) is 0.457. The van der Waals surface area contributed by atoms with E-state index in [1.165, 1.54) is 18.2 Å². The monoisotopic (exact) mass is 519 g/mol. The number of nitrogens with zero attached hydrogens (tertiary/aromatic N) is 3. The molecule has 2 aliphatic heterocycles. The predicted molar refractivity (Wildman–Crippen MR) is 135 cm³/mol. The molecule has 0 saturated carbocycles. The lowest BCUT2D eigenvalue weighted by molar-refractivity contribution is -0.132. The number of rotatable bonds is 5. The van der Waals surface area contributed by atoms with Gasteiger partial charge in [-0.05, 0) is 49.5 Å². The highest BCUT2D eigenvalue weighted by molar-refractivity contribution is 9.10. The standard InChI is InChI=1S/C23H26BrN3O2S2/c1-15(2)12-27-22(29)20(31-23(27)30)10-16-13-26(19-7-6-17(24)11-18(16)19)14-21(28)25-8-4-3-5-9-25/h6-7,10-11,13,15H,3-5,8-9,12,14H2,1-2H3/b20-10-. The molecule has 0 unspecified atom stereocenters. The smallest absolute Gasteiger partial charge is 0.266 e. The van der Waals surface area contributed by atoms with Crippen molar-refractivity contribution in [2.75, 3.05) is 19.6 Å². The number of likely N-dealkylation sites (tertiary alicyclic amines) is 1. The summed E-state index contributed by atoms with van der Waals surface area (Å²) in [5.41, 5.74) is 1.91. The number of hydrogen-bond acceptors (Lipinski definition) is 4. The average molecular weight is 521 g/mol.